The van der Waals surface area contributed by atoms with E-state index in [4.69, 9.17) is 5.73 Å². The molecule has 1 aromatic heterocycles. The van der Waals surface area contributed by atoms with Gasteiger partial charge >= 0.3 is 6.03 Å². The topological polar surface area (TPSA) is 96.2 Å². The van der Waals surface area contributed by atoms with E-state index in [0.717, 1.165) is 11.3 Å². The lowest BCUT2D eigenvalue weighted by atomic mass is 10.1. The largest absolute Gasteiger partial charge is 0.397 e. The Hall–Kier alpha value is -2.54. The van der Waals surface area contributed by atoms with Crippen molar-refractivity contribution >= 4 is 34.6 Å². The van der Waals surface area contributed by atoms with Crippen molar-refractivity contribution in [2.24, 2.45) is 5.92 Å². The van der Waals surface area contributed by atoms with Gasteiger partial charge in [-0.3, -0.25) is 4.79 Å². The van der Waals surface area contributed by atoms with E-state index in [9.17, 15) is 9.59 Å². The Labute approximate surface area is 151 Å². The number of benzene rings is 1. The predicted octanol–water partition coefficient (Wildman–Crippen LogP) is 3.43. The van der Waals surface area contributed by atoms with Crippen LogP contribution in [0.1, 0.15) is 34.8 Å². The molecule has 3 amide bonds. The van der Waals surface area contributed by atoms with Crippen molar-refractivity contribution in [1.82, 2.24) is 10.6 Å². The van der Waals surface area contributed by atoms with Gasteiger partial charge in [0.25, 0.3) is 5.91 Å². The van der Waals surface area contributed by atoms with E-state index in [1.807, 2.05) is 18.2 Å². The Morgan fingerprint density at radius 3 is 2.64 bits per heavy atom. The van der Waals surface area contributed by atoms with Crippen molar-refractivity contribution in [2.45, 2.75) is 26.8 Å². The van der Waals surface area contributed by atoms with Crippen LogP contribution in [0.15, 0.2) is 36.4 Å². The number of hydrogen-bond donors (Lipinski definition) is 4. The average Bonchev–Trinajstić information content (AvgIpc) is 3.09. The van der Waals surface area contributed by atoms with Crippen LogP contribution in [0, 0.1) is 5.92 Å². The number of rotatable bonds is 7. The molecule has 2 rings (SSSR count). The summed E-state index contributed by atoms with van der Waals surface area (Å²) in [5.74, 6) is 0.239. The first kappa shape index (κ1) is 18.8. The van der Waals surface area contributed by atoms with Gasteiger partial charge in [0.05, 0.1) is 22.8 Å². The van der Waals surface area contributed by atoms with E-state index < -0.39 is 0 Å². The van der Waals surface area contributed by atoms with Crippen LogP contribution in [0.2, 0.25) is 0 Å². The van der Waals surface area contributed by atoms with Crippen molar-refractivity contribution in [1.29, 1.82) is 0 Å². The Balaban J connectivity index is 1.84. The van der Waals surface area contributed by atoms with Gasteiger partial charge in [0, 0.05) is 11.4 Å². The lowest BCUT2D eigenvalue weighted by Gasteiger charge is -2.10. The van der Waals surface area contributed by atoms with Crippen molar-refractivity contribution in [2.75, 3.05) is 17.6 Å². The molecule has 134 valence electrons. The number of anilines is 2. The molecule has 0 radical (unpaired) electrons. The maximum Gasteiger partial charge on any atom is 0.315 e. The maximum absolute atomic E-state index is 12.3. The Morgan fingerprint density at radius 1 is 1.16 bits per heavy atom. The number of carbonyl (C=O) groups excluding carboxylic acids is 2. The molecule has 1 atom stereocenters. The van der Waals surface area contributed by atoms with Crippen LogP contribution in [0.4, 0.5) is 16.2 Å². The van der Waals surface area contributed by atoms with Crippen LogP contribution in [0.25, 0.3) is 0 Å². The number of thiophene rings is 1. The van der Waals surface area contributed by atoms with Crippen molar-refractivity contribution in [3.63, 3.8) is 0 Å². The highest BCUT2D eigenvalue weighted by molar-refractivity contribution is 7.14. The lowest BCUT2D eigenvalue weighted by molar-refractivity contribution is 0.103. The minimum atomic E-state index is -0.213. The SMILES string of the molecule is CCC(C)CNC(=O)NCc1ccc(C(=O)Nc2ccccc2N)s1. The summed E-state index contributed by atoms with van der Waals surface area (Å²) in [5.41, 5.74) is 6.94. The second-order valence-electron chi connectivity index (χ2n) is 5.88. The first-order valence-electron chi connectivity index (χ1n) is 8.25. The zero-order valence-corrected chi connectivity index (χ0v) is 15.3. The molecule has 0 saturated heterocycles. The molecule has 25 heavy (non-hydrogen) atoms. The third kappa shape index (κ3) is 5.79. The molecule has 0 spiro atoms. The number of nitrogens with two attached hydrogens (primary N) is 1. The fraction of sp³-hybridized carbons (Fsp3) is 0.333. The van der Waals surface area contributed by atoms with Gasteiger partial charge in [0.1, 0.15) is 0 Å². The fourth-order valence-electron chi connectivity index (χ4n) is 2.03. The number of urea groups is 1. The molecule has 0 aliphatic heterocycles. The van der Waals surface area contributed by atoms with Gasteiger partial charge in [0.15, 0.2) is 0 Å². The third-order valence-electron chi connectivity index (χ3n) is 3.83. The quantitative estimate of drug-likeness (QED) is 0.570. The summed E-state index contributed by atoms with van der Waals surface area (Å²) in [5, 5.41) is 8.42. The minimum absolute atomic E-state index is 0.197. The molecular weight excluding hydrogens is 336 g/mol. The summed E-state index contributed by atoms with van der Waals surface area (Å²) >= 11 is 1.34. The van der Waals surface area contributed by atoms with Crippen molar-refractivity contribution in [3.05, 3.63) is 46.2 Å². The molecule has 6 nitrogen and oxygen atoms in total. The molecule has 1 aromatic carbocycles. The van der Waals surface area contributed by atoms with Crippen molar-refractivity contribution in [3.8, 4) is 0 Å². The molecule has 5 N–H and O–H groups in total. The Bertz CT molecular complexity index is 729. The maximum atomic E-state index is 12.3. The molecule has 1 unspecified atom stereocenters. The van der Waals surface area contributed by atoms with E-state index >= 15 is 0 Å². The number of nitrogens with one attached hydrogen (secondary N) is 3. The molecular formula is C18H24N4O2S. The molecule has 0 fully saturated rings. The number of para-hydroxylation sites is 2. The van der Waals surface area contributed by atoms with E-state index in [-0.39, 0.29) is 11.9 Å². The van der Waals surface area contributed by atoms with E-state index in [1.54, 1.807) is 18.2 Å². The molecule has 0 bridgehead atoms. The third-order valence-corrected chi connectivity index (χ3v) is 4.91. The Kier molecular flexibility index (Phi) is 6.82. The number of nitrogen functional groups attached to an aromatic ring is 1. The smallest absolute Gasteiger partial charge is 0.315 e. The standard InChI is InChI=1S/C18H24N4O2S/c1-3-12(2)10-20-18(24)21-11-13-8-9-16(25-13)17(23)22-15-7-5-4-6-14(15)19/h4-9,12H,3,10-11,19H2,1-2H3,(H,22,23)(H2,20,21,24). The highest BCUT2D eigenvalue weighted by Gasteiger charge is 2.11. The normalized spacial score (nSPS) is 11.6. The van der Waals surface area contributed by atoms with Gasteiger partial charge in [-0.1, -0.05) is 32.4 Å². The van der Waals surface area contributed by atoms with E-state index in [0.29, 0.717) is 35.3 Å². The summed E-state index contributed by atoms with van der Waals surface area (Å²) in [6.07, 6.45) is 1.02. The lowest BCUT2D eigenvalue weighted by Crippen LogP contribution is -2.37. The van der Waals surface area contributed by atoms with Gasteiger partial charge in [-0.15, -0.1) is 11.3 Å². The zero-order valence-electron chi connectivity index (χ0n) is 14.5. The van der Waals surface area contributed by atoms with Gasteiger partial charge in [0.2, 0.25) is 0 Å². The molecule has 0 aliphatic carbocycles. The summed E-state index contributed by atoms with van der Waals surface area (Å²) < 4.78 is 0. The monoisotopic (exact) mass is 360 g/mol. The van der Waals surface area contributed by atoms with Gasteiger partial charge in [-0.2, -0.15) is 0 Å². The second-order valence-corrected chi connectivity index (χ2v) is 7.05. The van der Waals surface area contributed by atoms with Crippen LogP contribution in [-0.4, -0.2) is 18.5 Å². The van der Waals surface area contributed by atoms with E-state index in [2.05, 4.69) is 29.8 Å². The predicted molar refractivity (Wildman–Crippen MR) is 103 cm³/mol. The Morgan fingerprint density at radius 2 is 1.92 bits per heavy atom. The number of amides is 3. The van der Waals surface area contributed by atoms with Crippen molar-refractivity contribution < 1.29 is 9.59 Å². The first-order chi connectivity index (χ1) is 12.0. The van der Waals surface area contributed by atoms with Crippen LogP contribution in [0.3, 0.4) is 0 Å². The van der Waals surface area contributed by atoms with Gasteiger partial charge in [-0.05, 0) is 30.2 Å². The van der Waals surface area contributed by atoms with Gasteiger partial charge in [-0.25, -0.2) is 4.79 Å². The summed E-state index contributed by atoms with van der Waals surface area (Å²) in [7, 11) is 0. The number of hydrogen-bond acceptors (Lipinski definition) is 4. The van der Waals surface area contributed by atoms with Gasteiger partial charge < -0.3 is 21.7 Å². The summed E-state index contributed by atoms with van der Waals surface area (Å²) in [4.78, 5) is 25.5. The minimum Gasteiger partial charge on any atom is -0.397 e. The first-order valence-corrected chi connectivity index (χ1v) is 9.07. The average molecular weight is 360 g/mol. The molecule has 2 aromatic rings. The molecule has 0 saturated carbocycles. The number of carbonyl (C=O) groups is 2. The zero-order chi connectivity index (χ0) is 18.2. The van der Waals surface area contributed by atoms with Crippen LogP contribution < -0.4 is 21.7 Å². The van der Waals surface area contributed by atoms with E-state index in [1.165, 1.54) is 11.3 Å². The molecule has 7 heteroatoms. The summed E-state index contributed by atoms with van der Waals surface area (Å²) in [6.45, 7) is 5.21. The highest BCUT2D eigenvalue weighted by atomic mass is 32.1. The fourth-order valence-corrected chi connectivity index (χ4v) is 2.87. The van der Waals surface area contributed by atoms with Crippen LogP contribution in [0.5, 0.6) is 0 Å². The second kappa shape index (κ2) is 9.08. The van der Waals surface area contributed by atoms with Crippen LogP contribution >= 0.6 is 11.3 Å². The molecule has 1 heterocycles. The summed E-state index contributed by atoms with van der Waals surface area (Å²) in [6, 6.07) is 10.5. The van der Waals surface area contributed by atoms with Crippen LogP contribution in [-0.2, 0) is 6.54 Å². The highest BCUT2D eigenvalue weighted by Crippen LogP contribution is 2.21. The molecule has 0 aliphatic rings.